The van der Waals surface area contributed by atoms with Crippen molar-refractivity contribution < 1.29 is 27.1 Å². The van der Waals surface area contributed by atoms with Crippen LogP contribution in [0.2, 0.25) is 0 Å². The highest BCUT2D eigenvalue weighted by atomic mass is 32.2. The summed E-state index contributed by atoms with van der Waals surface area (Å²) in [6.07, 6.45) is 4.74. The van der Waals surface area contributed by atoms with Gasteiger partial charge in [0, 0.05) is 36.4 Å². The first-order chi connectivity index (χ1) is 16.7. The van der Waals surface area contributed by atoms with E-state index < -0.39 is 33.3 Å². The van der Waals surface area contributed by atoms with E-state index in [4.69, 9.17) is 5.41 Å². The summed E-state index contributed by atoms with van der Waals surface area (Å²) in [7, 11) is -2.65. The van der Waals surface area contributed by atoms with Crippen LogP contribution in [0.3, 0.4) is 0 Å². The number of sulfone groups is 1. The number of esters is 1. The monoisotopic (exact) mass is 499 g/mol. The van der Waals surface area contributed by atoms with Gasteiger partial charge in [0.25, 0.3) is 5.91 Å². The second kappa shape index (κ2) is 11.3. The number of rotatable bonds is 10. The molecule has 2 aromatic heterocycles. The summed E-state index contributed by atoms with van der Waals surface area (Å²) < 4.78 is 42.5. The number of hydrogen-bond acceptors (Lipinski definition) is 9. The van der Waals surface area contributed by atoms with E-state index in [1.807, 2.05) is 0 Å². The molecule has 0 atom stereocenters. The third-order valence-electron chi connectivity index (χ3n) is 4.87. The second-order valence-corrected chi connectivity index (χ2v) is 9.31. The van der Waals surface area contributed by atoms with Crippen molar-refractivity contribution in [1.82, 2.24) is 15.3 Å². The third-order valence-corrected chi connectivity index (χ3v) is 6.48. The summed E-state index contributed by atoms with van der Waals surface area (Å²) in [6.45, 7) is -0.0199. The fraction of sp³-hybridized carbons (Fsp3) is 0.174. The number of halogens is 1. The molecule has 0 aliphatic rings. The number of nitrogens with one attached hydrogen (secondary N) is 3. The van der Waals surface area contributed by atoms with Gasteiger partial charge in [-0.25, -0.2) is 17.8 Å². The lowest BCUT2D eigenvalue weighted by Crippen LogP contribution is -2.25. The number of aromatic nitrogens is 2. The quantitative estimate of drug-likeness (QED) is 0.284. The number of benzene rings is 1. The highest BCUT2D eigenvalue weighted by molar-refractivity contribution is 7.91. The number of methoxy groups -OCH3 is 1. The molecule has 3 rings (SSSR count). The number of amides is 1. The van der Waals surface area contributed by atoms with Crippen molar-refractivity contribution in [3.8, 4) is 0 Å². The van der Waals surface area contributed by atoms with Crippen molar-refractivity contribution in [1.29, 1.82) is 5.41 Å². The number of carbonyl (C=O) groups excluding carboxylic acids is 2. The number of nitrogens with zero attached hydrogens (tertiary/aromatic N) is 2. The zero-order valence-electron chi connectivity index (χ0n) is 18.6. The fourth-order valence-electron chi connectivity index (χ4n) is 3.03. The average Bonchev–Trinajstić information content (AvgIpc) is 2.87. The van der Waals surface area contributed by atoms with Crippen LogP contribution in [0.15, 0.2) is 60.0 Å². The first kappa shape index (κ1) is 25.4. The molecule has 0 fully saturated rings. The maximum absolute atomic E-state index is 13.2. The Bertz CT molecular complexity index is 1350. The van der Waals surface area contributed by atoms with Crippen LogP contribution in [-0.2, 0) is 25.9 Å². The van der Waals surface area contributed by atoms with Gasteiger partial charge in [0.1, 0.15) is 5.82 Å². The van der Waals surface area contributed by atoms with Crippen molar-refractivity contribution in [2.24, 2.45) is 0 Å². The first-order valence-corrected chi connectivity index (χ1v) is 11.9. The van der Waals surface area contributed by atoms with Crippen LogP contribution in [0.1, 0.15) is 27.9 Å². The highest BCUT2D eigenvalue weighted by Gasteiger charge is 2.19. The molecule has 0 saturated heterocycles. The predicted octanol–water partition coefficient (Wildman–Crippen LogP) is 2.62. The Kier molecular flexibility index (Phi) is 8.21. The largest absolute Gasteiger partial charge is 0.469 e. The predicted molar refractivity (Wildman–Crippen MR) is 126 cm³/mol. The molecule has 10 nitrogen and oxygen atoms in total. The molecule has 12 heteroatoms. The number of hydrogen-bond donors (Lipinski definition) is 3. The van der Waals surface area contributed by atoms with E-state index in [-0.39, 0.29) is 29.1 Å². The summed E-state index contributed by atoms with van der Waals surface area (Å²) in [5.41, 5.74) is 1.78. The van der Waals surface area contributed by atoms with Crippen LogP contribution >= 0.6 is 0 Å². The molecule has 0 radical (unpaired) electrons. The molecule has 182 valence electrons. The molecule has 2 heterocycles. The molecule has 3 N–H and O–H groups in total. The molecule has 0 bridgehead atoms. The lowest BCUT2D eigenvalue weighted by molar-refractivity contribution is -0.140. The van der Waals surface area contributed by atoms with Gasteiger partial charge < -0.3 is 20.8 Å². The van der Waals surface area contributed by atoms with E-state index in [0.29, 0.717) is 16.9 Å². The zero-order chi connectivity index (χ0) is 25.4. The Morgan fingerprint density at radius 1 is 1.17 bits per heavy atom. The number of ether oxygens (including phenoxy) is 1. The van der Waals surface area contributed by atoms with Crippen LogP contribution in [0.25, 0.3) is 0 Å². The lowest BCUT2D eigenvalue weighted by Gasteiger charge is -2.13. The number of pyridine rings is 2. The number of anilines is 2. The van der Waals surface area contributed by atoms with E-state index in [2.05, 4.69) is 25.3 Å². The van der Waals surface area contributed by atoms with Gasteiger partial charge in [-0.2, -0.15) is 0 Å². The van der Waals surface area contributed by atoms with Crippen molar-refractivity contribution >= 4 is 39.3 Å². The lowest BCUT2D eigenvalue weighted by atomic mass is 10.1. The Balaban J connectivity index is 1.73. The van der Waals surface area contributed by atoms with Crippen molar-refractivity contribution in [2.45, 2.75) is 18.0 Å². The Morgan fingerprint density at radius 2 is 1.91 bits per heavy atom. The van der Waals surface area contributed by atoms with Crippen LogP contribution in [0.5, 0.6) is 0 Å². The van der Waals surface area contributed by atoms with Crippen LogP contribution in [0, 0.1) is 11.2 Å². The van der Waals surface area contributed by atoms with Crippen LogP contribution in [0.4, 0.5) is 15.8 Å². The summed E-state index contributed by atoms with van der Waals surface area (Å²) in [4.78, 5) is 32.0. The van der Waals surface area contributed by atoms with E-state index in [9.17, 15) is 22.4 Å². The van der Waals surface area contributed by atoms with Gasteiger partial charge in [-0.05, 0) is 42.0 Å². The first-order valence-electron chi connectivity index (χ1n) is 10.3. The molecule has 1 aromatic carbocycles. The number of carbonyl (C=O) groups is 2. The van der Waals surface area contributed by atoms with E-state index in [1.165, 1.54) is 56.0 Å². The molecule has 0 spiro atoms. The molecule has 0 saturated carbocycles. The molecule has 0 unspecified atom stereocenters. The van der Waals surface area contributed by atoms with Gasteiger partial charge in [-0.3, -0.25) is 14.6 Å². The SMILES string of the molecule is COC(=O)CCS(=O)(=O)c1cc(CNC(=O)c2cncc(Nc3ccc(F)cc3)c2C=N)ccn1. The molecular weight excluding hydrogens is 477 g/mol. The topological polar surface area (TPSA) is 151 Å². The van der Waals surface area contributed by atoms with Crippen LogP contribution in [-0.4, -0.2) is 49.3 Å². The Labute approximate surface area is 201 Å². The summed E-state index contributed by atoms with van der Waals surface area (Å²) >= 11 is 0. The van der Waals surface area contributed by atoms with E-state index >= 15 is 0 Å². The molecule has 1 amide bonds. The average molecular weight is 500 g/mol. The minimum Gasteiger partial charge on any atom is -0.469 e. The summed E-state index contributed by atoms with van der Waals surface area (Å²) in [5, 5.41) is 13.2. The third kappa shape index (κ3) is 6.67. The molecule has 0 aliphatic heterocycles. The Hall–Kier alpha value is -4.19. The zero-order valence-corrected chi connectivity index (χ0v) is 19.4. The van der Waals surface area contributed by atoms with Gasteiger partial charge in [-0.1, -0.05) is 0 Å². The minimum absolute atomic E-state index is 0.0199. The smallest absolute Gasteiger partial charge is 0.306 e. The van der Waals surface area contributed by atoms with Gasteiger partial charge in [0.05, 0.1) is 36.7 Å². The van der Waals surface area contributed by atoms with Gasteiger partial charge >= 0.3 is 5.97 Å². The van der Waals surface area contributed by atoms with Crippen LogP contribution < -0.4 is 10.6 Å². The Morgan fingerprint density at radius 3 is 2.60 bits per heavy atom. The molecule has 3 aromatic rings. The maximum atomic E-state index is 13.2. The van der Waals surface area contributed by atoms with Crippen molar-refractivity contribution in [2.75, 3.05) is 18.2 Å². The van der Waals surface area contributed by atoms with Gasteiger partial charge in [-0.15, -0.1) is 0 Å². The second-order valence-electron chi connectivity index (χ2n) is 7.25. The normalized spacial score (nSPS) is 10.9. The van der Waals surface area contributed by atoms with E-state index in [0.717, 1.165) is 6.21 Å². The minimum atomic E-state index is -3.82. The standard InChI is InChI=1S/C23H22FN5O5S/c1-34-22(30)7-9-35(32,33)21-10-15(6-8-27-21)12-28-23(31)19-13-26-14-20(18(19)11-25)29-17-4-2-16(24)3-5-17/h2-6,8,10-11,13-14,25,29H,7,9,12H2,1H3,(H,28,31). The van der Waals surface area contributed by atoms with Crippen molar-refractivity contribution in [3.05, 3.63) is 77.5 Å². The van der Waals surface area contributed by atoms with Gasteiger partial charge in [0.2, 0.25) is 0 Å². The van der Waals surface area contributed by atoms with E-state index in [1.54, 1.807) is 6.07 Å². The summed E-state index contributed by atoms with van der Waals surface area (Å²) in [6, 6.07) is 8.42. The maximum Gasteiger partial charge on any atom is 0.306 e. The molecule has 0 aliphatic carbocycles. The fourth-order valence-corrected chi connectivity index (χ4v) is 4.22. The highest BCUT2D eigenvalue weighted by Crippen LogP contribution is 2.22. The molecular formula is C23H22FN5O5S. The van der Waals surface area contributed by atoms with Crippen molar-refractivity contribution in [3.63, 3.8) is 0 Å². The van der Waals surface area contributed by atoms with Gasteiger partial charge in [0.15, 0.2) is 14.9 Å². The molecule has 35 heavy (non-hydrogen) atoms. The summed E-state index contributed by atoms with van der Waals surface area (Å²) in [5.74, 6) is -2.04.